The zero-order valence-corrected chi connectivity index (χ0v) is 15.5. The average molecular weight is 374 g/mol. The molecule has 1 aliphatic carbocycles. The summed E-state index contributed by atoms with van der Waals surface area (Å²) in [6, 6.07) is 18.4. The summed E-state index contributed by atoms with van der Waals surface area (Å²) in [7, 11) is 0. The molecule has 0 aliphatic heterocycles. The molecule has 0 saturated carbocycles. The van der Waals surface area contributed by atoms with E-state index in [4.69, 9.17) is 11.6 Å². The molecule has 4 nitrogen and oxygen atoms in total. The third-order valence-corrected chi connectivity index (χ3v) is 5.61. The highest BCUT2D eigenvalue weighted by Crippen LogP contribution is 2.33. The number of fused-ring (bicyclic) bond motifs is 4. The number of imidazole rings is 1. The van der Waals surface area contributed by atoms with Crippen molar-refractivity contribution in [3.8, 4) is 6.07 Å². The number of aromatic amines is 1. The number of nitriles is 1. The van der Waals surface area contributed by atoms with Crippen molar-refractivity contribution in [3.63, 3.8) is 0 Å². The largest absolute Gasteiger partial charge is 0.273 e. The number of hydrogen-bond donors (Lipinski definition) is 2. The maximum absolute atomic E-state index is 9.91. The van der Waals surface area contributed by atoms with Gasteiger partial charge in [0.25, 0.3) is 0 Å². The number of para-hydroxylation sites is 2. The topological polar surface area (TPSA) is 55.7 Å². The van der Waals surface area contributed by atoms with Crippen LogP contribution in [-0.2, 0) is 12.8 Å². The highest BCUT2D eigenvalue weighted by atomic mass is 35.5. The Kier molecular flexibility index (Phi) is 3.77. The summed E-state index contributed by atoms with van der Waals surface area (Å²) in [4.78, 5) is 3.46. The summed E-state index contributed by atoms with van der Waals surface area (Å²) in [6.45, 7) is 0. The number of hydrogen-bond acceptors (Lipinski definition) is 2. The normalized spacial score (nSPS) is 13.5. The van der Waals surface area contributed by atoms with Crippen LogP contribution in [0.5, 0.6) is 0 Å². The lowest BCUT2D eigenvalue weighted by molar-refractivity contribution is -0.465. The fraction of sp³-hybridized carbons (Fsp3) is 0.182. The minimum Gasteiger partial charge on any atom is -0.273 e. The first-order valence-electron chi connectivity index (χ1n) is 9.19. The predicted octanol–water partition coefficient (Wildman–Crippen LogP) is 5.05. The molecule has 0 unspecified atom stereocenters. The van der Waals surface area contributed by atoms with E-state index >= 15 is 0 Å². The molecule has 4 aromatic rings. The molecule has 0 fully saturated rings. The van der Waals surface area contributed by atoms with Crippen LogP contribution in [0, 0.1) is 11.3 Å². The van der Waals surface area contributed by atoms with Crippen LogP contribution in [0.2, 0.25) is 5.02 Å². The van der Waals surface area contributed by atoms with Gasteiger partial charge in [-0.15, -0.1) is 0 Å². The lowest BCUT2D eigenvalue weighted by atomic mass is 9.89. The highest BCUT2D eigenvalue weighted by molar-refractivity contribution is 6.30. The van der Waals surface area contributed by atoms with Gasteiger partial charge in [0.2, 0.25) is 11.5 Å². The van der Waals surface area contributed by atoms with E-state index in [2.05, 4.69) is 32.9 Å². The second-order valence-electron chi connectivity index (χ2n) is 6.96. The maximum Gasteiger partial charge on any atom is 0.250 e. The summed E-state index contributed by atoms with van der Waals surface area (Å²) < 4.78 is 2.16. The summed E-state index contributed by atoms with van der Waals surface area (Å²) in [6.07, 6.45) is 4.18. The Labute approximate surface area is 162 Å². The van der Waals surface area contributed by atoms with E-state index in [1.165, 1.54) is 11.1 Å². The average Bonchev–Trinajstić information content (AvgIpc) is 3.09. The molecule has 2 N–H and O–H groups in total. The summed E-state index contributed by atoms with van der Waals surface area (Å²) in [5, 5.41) is 14.2. The van der Waals surface area contributed by atoms with Gasteiger partial charge in [-0.1, -0.05) is 23.7 Å². The maximum atomic E-state index is 9.91. The van der Waals surface area contributed by atoms with E-state index in [9.17, 15) is 5.26 Å². The molecule has 0 radical (unpaired) electrons. The monoisotopic (exact) mass is 373 g/mol. The van der Waals surface area contributed by atoms with Gasteiger partial charge in [-0.05, 0) is 67.6 Å². The number of nitrogens with one attached hydrogen (secondary N) is 2. The fourth-order valence-corrected chi connectivity index (χ4v) is 4.25. The third-order valence-electron chi connectivity index (χ3n) is 5.36. The summed E-state index contributed by atoms with van der Waals surface area (Å²) in [5.74, 6) is 1.04. The van der Waals surface area contributed by atoms with Gasteiger partial charge in [0.05, 0.1) is 5.69 Å². The zero-order chi connectivity index (χ0) is 18.4. The van der Waals surface area contributed by atoms with Crippen LogP contribution < -0.4 is 9.72 Å². The number of nitrogens with zero attached hydrogens (tertiary/aromatic N) is 2. The Balaban J connectivity index is 1.86. The molecule has 2 aromatic heterocycles. The first-order valence-corrected chi connectivity index (χ1v) is 9.57. The van der Waals surface area contributed by atoms with Gasteiger partial charge in [0.15, 0.2) is 0 Å². The van der Waals surface area contributed by atoms with Gasteiger partial charge in [-0.25, -0.2) is 0 Å². The van der Waals surface area contributed by atoms with Crippen LogP contribution in [0.1, 0.15) is 29.5 Å². The Morgan fingerprint density at radius 3 is 2.52 bits per heavy atom. The predicted molar refractivity (Wildman–Crippen MR) is 108 cm³/mol. The van der Waals surface area contributed by atoms with Crippen molar-refractivity contribution < 1.29 is 4.40 Å². The molecular formula is C22H18ClN4+. The minimum atomic E-state index is 0.715. The number of aromatic nitrogens is 2. The fourth-order valence-electron chi connectivity index (χ4n) is 4.13. The molecule has 27 heavy (non-hydrogen) atoms. The van der Waals surface area contributed by atoms with Gasteiger partial charge in [-0.3, -0.25) is 10.3 Å². The lowest BCUT2D eigenvalue weighted by Crippen LogP contribution is -2.30. The van der Waals surface area contributed by atoms with E-state index in [0.29, 0.717) is 5.02 Å². The molecule has 0 saturated heterocycles. The van der Waals surface area contributed by atoms with E-state index in [0.717, 1.165) is 59.4 Å². The number of rotatable bonds is 2. The van der Waals surface area contributed by atoms with Crippen molar-refractivity contribution in [2.24, 2.45) is 0 Å². The first-order chi connectivity index (χ1) is 13.3. The number of benzene rings is 2. The van der Waals surface area contributed by atoms with Crippen LogP contribution in [0.4, 0.5) is 11.5 Å². The van der Waals surface area contributed by atoms with E-state index in [1.54, 1.807) is 0 Å². The Morgan fingerprint density at radius 2 is 1.74 bits per heavy atom. The molecule has 0 spiro atoms. The van der Waals surface area contributed by atoms with Crippen molar-refractivity contribution in [1.29, 1.82) is 5.26 Å². The van der Waals surface area contributed by atoms with Crippen molar-refractivity contribution in [1.82, 2.24) is 4.98 Å². The minimum absolute atomic E-state index is 0.715. The highest BCUT2D eigenvalue weighted by Gasteiger charge is 2.28. The SMILES string of the molecule is N#Cc1c2c(c(Nc3ccc(Cl)cc3)[n+]3c1[nH]c1ccccc13)CCCC2. The van der Waals surface area contributed by atoms with Crippen molar-refractivity contribution in [2.45, 2.75) is 25.7 Å². The molecule has 2 aromatic carbocycles. The van der Waals surface area contributed by atoms with Crippen molar-refractivity contribution in [2.75, 3.05) is 5.32 Å². The van der Waals surface area contributed by atoms with Crippen LogP contribution >= 0.6 is 11.6 Å². The number of halogens is 1. The van der Waals surface area contributed by atoms with Gasteiger partial charge < -0.3 is 0 Å². The molecule has 0 atom stereocenters. The Bertz CT molecular complexity index is 1220. The van der Waals surface area contributed by atoms with Crippen LogP contribution in [-0.4, -0.2) is 4.98 Å². The molecular weight excluding hydrogens is 356 g/mol. The third kappa shape index (κ3) is 2.55. The second-order valence-corrected chi connectivity index (χ2v) is 7.39. The van der Waals surface area contributed by atoms with Gasteiger partial charge in [0.1, 0.15) is 22.7 Å². The van der Waals surface area contributed by atoms with Crippen molar-refractivity contribution >= 4 is 39.8 Å². The molecule has 1 aliphatic rings. The summed E-state index contributed by atoms with van der Waals surface area (Å²) in [5.41, 5.74) is 7.11. The van der Waals surface area contributed by atoms with Gasteiger partial charge >= 0.3 is 0 Å². The molecule has 132 valence electrons. The quantitative estimate of drug-likeness (QED) is 0.483. The molecule has 5 heteroatoms. The van der Waals surface area contributed by atoms with E-state index in [-0.39, 0.29) is 0 Å². The van der Waals surface area contributed by atoms with Crippen LogP contribution in [0.3, 0.4) is 0 Å². The van der Waals surface area contributed by atoms with E-state index < -0.39 is 0 Å². The molecule has 2 heterocycles. The molecule has 0 bridgehead atoms. The molecule has 0 amide bonds. The van der Waals surface area contributed by atoms with Gasteiger partial charge in [-0.2, -0.15) is 9.66 Å². The van der Waals surface area contributed by atoms with Gasteiger partial charge in [0, 0.05) is 10.6 Å². The lowest BCUT2D eigenvalue weighted by Gasteiger charge is -2.19. The van der Waals surface area contributed by atoms with Crippen LogP contribution in [0.15, 0.2) is 48.5 Å². The second kappa shape index (κ2) is 6.29. The van der Waals surface area contributed by atoms with Crippen LogP contribution in [0.25, 0.3) is 16.7 Å². The van der Waals surface area contributed by atoms with Crippen molar-refractivity contribution in [3.05, 3.63) is 70.2 Å². The standard InChI is InChI=1S/C22H17ClN4/c23-14-9-11-15(12-10-14)25-21-17-6-2-1-5-16(17)18(13-24)22-26-19-7-3-4-8-20(19)27(21)22/h3-4,7-12H,1-2,5-6H2,(H,25,26)/p+1. The Morgan fingerprint density at radius 1 is 1.00 bits per heavy atom. The number of H-pyrrole nitrogens is 1. The number of anilines is 2. The summed E-state index contributed by atoms with van der Waals surface area (Å²) >= 11 is 6.05. The zero-order valence-electron chi connectivity index (χ0n) is 14.7. The first kappa shape index (κ1) is 16.2. The number of pyridine rings is 1. The van der Waals surface area contributed by atoms with E-state index in [1.807, 2.05) is 36.4 Å². The molecule has 5 rings (SSSR count). The Hall–Kier alpha value is -3.03. The smallest absolute Gasteiger partial charge is 0.250 e.